The third kappa shape index (κ3) is 4.47. The first-order valence-electron chi connectivity index (χ1n) is 7.83. The van der Waals surface area contributed by atoms with E-state index in [-0.39, 0.29) is 5.82 Å². The molecule has 0 bridgehead atoms. The molecule has 4 nitrogen and oxygen atoms in total. The van der Waals surface area contributed by atoms with Crippen LogP contribution in [0.4, 0.5) is 4.39 Å². The van der Waals surface area contributed by atoms with Gasteiger partial charge in [-0.25, -0.2) is 4.39 Å². The van der Waals surface area contributed by atoms with Crippen molar-refractivity contribution in [3.05, 3.63) is 58.8 Å². The van der Waals surface area contributed by atoms with E-state index < -0.39 is 0 Å². The number of thiocarbonyl (C=S) groups is 1. The van der Waals surface area contributed by atoms with Crippen molar-refractivity contribution < 1.29 is 8.81 Å². The molecule has 0 aliphatic carbocycles. The van der Waals surface area contributed by atoms with Gasteiger partial charge >= 0.3 is 0 Å². The molecule has 1 aromatic carbocycles. The van der Waals surface area contributed by atoms with Crippen molar-refractivity contribution in [1.82, 2.24) is 15.1 Å². The van der Waals surface area contributed by atoms with Gasteiger partial charge in [0.05, 0.1) is 12.8 Å². The number of piperazine rings is 1. The summed E-state index contributed by atoms with van der Waals surface area (Å²) >= 11 is 11.5. The van der Waals surface area contributed by atoms with Crippen LogP contribution in [0.5, 0.6) is 0 Å². The lowest BCUT2D eigenvalue weighted by Gasteiger charge is -2.36. The first-order chi connectivity index (χ1) is 11.6. The van der Waals surface area contributed by atoms with Gasteiger partial charge in [0.15, 0.2) is 5.11 Å². The Kier molecular flexibility index (Phi) is 5.71. The molecule has 1 aliphatic heterocycles. The van der Waals surface area contributed by atoms with Gasteiger partial charge in [-0.15, -0.1) is 0 Å². The highest BCUT2D eigenvalue weighted by atomic mass is 35.5. The monoisotopic (exact) mass is 367 g/mol. The Bertz CT molecular complexity index is 687. The third-order valence-corrected chi connectivity index (χ3v) is 4.82. The molecule has 0 spiro atoms. The largest absolute Gasteiger partial charge is 0.467 e. The Hall–Kier alpha value is -1.63. The van der Waals surface area contributed by atoms with Crippen molar-refractivity contribution in [3.63, 3.8) is 0 Å². The predicted octanol–water partition coefficient (Wildman–Crippen LogP) is 3.26. The predicted molar refractivity (Wildman–Crippen MR) is 96.4 cm³/mol. The molecule has 0 saturated carbocycles. The summed E-state index contributed by atoms with van der Waals surface area (Å²) < 4.78 is 18.4. The van der Waals surface area contributed by atoms with Gasteiger partial charge in [0.1, 0.15) is 11.6 Å². The zero-order chi connectivity index (χ0) is 16.9. The van der Waals surface area contributed by atoms with Crippen LogP contribution in [0, 0.1) is 5.82 Å². The van der Waals surface area contributed by atoms with Crippen LogP contribution >= 0.6 is 23.8 Å². The van der Waals surface area contributed by atoms with E-state index in [0.29, 0.717) is 11.6 Å². The van der Waals surface area contributed by atoms with Crippen LogP contribution in [-0.2, 0) is 13.1 Å². The van der Waals surface area contributed by atoms with Crippen LogP contribution in [0.2, 0.25) is 5.02 Å². The molecule has 7 heteroatoms. The lowest BCUT2D eigenvalue weighted by molar-refractivity contribution is 0.174. The summed E-state index contributed by atoms with van der Waals surface area (Å²) in [6.45, 7) is 4.79. The first kappa shape index (κ1) is 17.2. The van der Waals surface area contributed by atoms with Crippen LogP contribution in [0.15, 0.2) is 41.0 Å². The van der Waals surface area contributed by atoms with Crippen molar-refractivity contribution >= 4 is 28.9 Å². The summed E-state index contributed by atoms with van der Waals surface area (Å²) in [5.41, 5.74) is 0.949. The minimum absolute atomic E-state index is 0.304. The summed E-state index contributed by atoms with van der Waals surface area (Å²) in [5.74, 6) is 0.559. The van der Waals surface area contributed by atoms with E-state index in [1.807, 2.05) is 12.1 Å². The minimum atomic E-state index is -0.304. The SMILES string of the molecule is Fc1ccc(CN2CCN(C(=S)NCc3ccco3)CC2)c(Cl)c1. The average molecular weight is 368 g/mol. The van der Waals surface area contributed by atoms with E-state index in [2.05, 4.69) is 15.1 Å². The second-order valence-electron chi connectivity index (χ2n) is 5.74. The second kappa shape index (κ2) is 7.96. The third-order valence-electron chi connectivity index (χ3n) is 4.06. The number of nitrogens with one attached hydrogen (secondary N) is 1. The van der Waals surface area contributed by atoms with Gasteiger partial charge in [0.25, 0.3) is 0 Å². The molecule has 0 radical (unpaired) electrons. The number of hydrogen-bond acceptors (Lipinski definition) is 3. The lowest BCUT2D eigenvalue weighted by atomic mass is 10.2. The maximum absolute atomic E-state index is 13.1. The van der Waals surface area contributed by atoms with Crippen molar-refractivity contribution in [2.24, 2.45) is 0 Å². The first-order valence-corrected chi connectivity index (χ1v) is 8.62. The maximum atomic E-state index is 13.1. The van der Waals surface area contributed by atoms with Gasteiger partial charge in [-0.05, 0) is 42.0 Å². The minimum Gasteiger partial charge on any atom is -0.467 e. The number of hydrogen-bond donors (Lipinski definition) is 1. The highest BCUT2D eigenvalue weighted by Crippen LogP contribution is 2.19. The highest BCUT2D eigenvalue weighted by Gasteiger charge is 2.19. The summed E-state index contributed by atoms with van der Waals surface area (Å²) in [6.07, 6.45) is 1.65. The maximum Gasteiger partial charge on any atom is 0.169 e. The van der Waals surface area contributed by atoms with Crippen molar-refractivity contribution in [1.29, 1.82) is 0 Å². The Balaban J connectivity index is 1.45. The lowest BCUT2D eigenvalue weighted by Crippen LogP contribution is -2.51. The van der Waals surface area contributed by atoms with Crippen LogP contribution in [0.3, 0.4) is 0 Å². The fraction of sp³-hybridized carbons (Fsp3) is 0.353. The molecule has 24 heavy (non-hydrogen) atoms. The molecule has 1 saturated heterocycles. The smallest absolute Gasteiger partial charge is 0.169 e. The van der Waals surface area contributed by atoms with Gasteiger partial charge in [-0.2, -0.15) is 0 Å². The number of rotatable bonds is 4. The quantitative estimate of drug-likeness (QED) is 0.838. The molecule has 0 amide bonds. The van der Waals surface area contributed by atoms with Gasteiger partial charge in [0.2, 0.25) is 0 Å². The number of benzene rings is 1. The van der Waals surface area contributed by atoms with E-state index in [4.69, 9.17) is 28.2 Å². The van der Waals surface area contributed by atoms with Gasteiger partial charge < -0.3 is 14.6 Å². The topological polar surface area (TPSA) is 31.6 Å². The average Bonchev–Trinajstić information content (AvgIpc) is 3.09. The molecule has 3 rings (SSSR count). The van der Waals surface area contributed by atoms with Crippen LogP contribution in [0.1, 0.15) is 11.3 Å². The van der Waals surface area contributed by atoms with Gasteiger partial charge in [-0.3, -0.25) is 4.90 Å². The van der Waals surface area contributed by atoms with Crippen LogP contribution in [-0.4, -0.2) is 41.1 Å². The number of halogens is 2. The van der Waals surface area contributed by atoms with Crippen molar-refractivity contribution in [3.8, 4) is 0 Å². The van der Waals surface area contributed by atoms with Crippen LogP contribution in [0.25, 0.3) is 0 Å². The zero-order valence-corrected chi connectivity index (χ0v) is 14.7. The molecular formula is C17H19ClFN3OS. The highest BCUT2D eigenvalue weighted by molar-refractivity contribution is 7.80. The van der Waals surface area contributed by atoms with E-state index in [1.165, 1.54) is 12.1 Å². The summed E-state index contributed by atoms with van der Waals surface area (Å²) in [7, 11) is 0. The van der Waals surface area contributed by atoms with Crippen molar-refractivity contribution in [2.75, 3.05) is 26.2 Å². The Morgan fingerprint density at radius 3 is 2.71 bits per heavy atom. The molecule has 1 fully saturated rings. The molecule has 128 valence electrons. The summed E-state index contributed by atoms with van der Waals surface area (Å²) in [6, 6.07) is 8.34. The van der Waals surface area contributed by atoms with Crippen molar-refractivity contribution in [2.45, 2.75) is 13.1 Å². The Morgan fingerprint density at radius 2 is 2.04 bits per heavy atom. The van der Waals surface area contributed by atoms with Crippen LogP contribution < -0.4 is 5.32 Å². The number of nitrogens with zero attached hydrogens (tertiary/aromatic N) is 2. The molecular weight excluding hydrogens is 349 g/mol. The van der Waals surface area contributed by atoms with E-state index in [9.17, 15) is 4.39 Å². The van der Waals surface area contributed by atoms with Gasteiger partial charge in [0, 0.05) is 37.7 Å². The fourth-order valence-electron chi connectivity index (χ4n) is 2.69. The molecule has 0 unspecified atom stereocenters. The Labute approximate surface area is 151 Å². The molecule has 2 heterocycles. The molecule has 1 aliphatic rings. The zero-order valence-electron chi connectivity index (χ0n) is 13.2. The normalized spacial score (nSPS) is 15.5. The molecule has 2 aromatic rings. The summed E-state index contributed by atoms with van der Waals surface area (Å²) in [5, 5.41) is 4.44. The fourth-order valence-corrected chi connectivity index (χ4v) is 3.17. The Morgan fingerprint density at radius 1 is 1.25 bits per heavy atom. The van der Waals surface area contributed by atoms with E-state index in [0.717, 1.165) is 49.2 Å². The molecule has 0 atom stereocenters. The molecule has 1 N–H and O–H groups in total. The summed E-state index contributed by atoms with van der Waals surface area (Å²) in [4.78, 5) is 4.45. The number of furan rings is 1. The van der Waals surface area contributed by atoms with E-state index in [1.54, 1.807) is 12.3 Å². The molecule has 1 aromatic heterocycles. The van der Waals surface area contributed by atoms with Gasteiger partial charge in [-0.1, -0.05) is 17.7 Å². The second-order valence-corrected chi connectivity index (χ2v) is 6.53. The standard InChI is InChI=1S/C17H19ClFN3OS/c18-16-10-14(19)4-3-13(16)12-21-5-7-22(8-6-21)17(24)20-11-15-2-1-9-23-15/h1-4,9-10H,5-8,11-12H2,(H,20,24). The van der Waals surface area contributed by atoms with E-state index >= 15 is 0 Å².